The molecule has 0 aliphatic rings. The van der Waals surface area contributed by atoms with Gasteiger partial charge in [0.15, 0.2) is 0 Å². The molecule has 1 aromatic carbocycles. The molecular formula is C11H14ClNO. The maximum absolute atomic E-state index is 11.0. The number of aryl methyl sites for hydroxylation is 2. The lowest BCUT2D eigenvalue weighted by molar-refractivity contribution is -0.118. The summed E-state index contributed by atoms with van der Waals surface area (Å²) in [5.74, 6) is -0.111. The number of hydrogen-bond acceptors (Lipinski definition) is 1. The molecule has 0 bridgehead atoms. The Kier molecular flexibility index (Phi) is 3.96. The normalized spacial score (nSPS) is 9.93. The van der Waals surface area contributed by atoms with Crippen LogP contribution in [0.5, 0.6) is 0 Å². The molecule has 3 heteroatoms. The Morgan fingerprint density at radius 3 is 2.43 bits per heavy atom. The van der Waals surface area contributed by atoms with Crippen LogP contribution in [0.25, 0.3) is 0 Å². The fourth-order valence-electron chi connectivity index (χ4n) is 1.36. The first-order valence-electron chi connectivity index (χ1n) is 4.53. The van der Waals surface area contributed by atoms with Gasteiger partial charge in [0.1, 0.15) is 5.88 Å². The van der Waals surface area contributed by atoms with Crippen LogP contribution in [0, 0.1) is 13.8 Å². The summed E-state index contributed by atoms with van der Waals surface area (Å²) in [6.07, 6.45) is 0. The number of benzene rings is 1. The predicted octanol–water partition coefficient (Wildman–Crippen LogP) is 2.16. The second kappa shape index (κ2) is 5.01. The maximum Gasteiger partial charge on any atom is 0.235 e. The van der Waals surface area contributed by atoms with Crippen molar-refractivity contribution in [3.63, 3.8) is 0 Å². The minimum atomic E-state index is -0.130. The zero-order chi connectivity index (χ0) is 10.6. The minimum absolute atomic E-state index is 0.0188. The number of alkyl halides is 1. The second-order valence-corrected chi connectivity index (χ2v) is 3.55. The minimum Gasteiger partial charge on any atom is -0.351 e. The fourth-order valence-corrected chi connectivity index (χ4v) is 1.46. The molecule has 0 fully saturated rings. The first kappa shape index (κ1) is 11.1. The molecule has 1 N–H and O–H groups in total. The van der Waals surface area contributed by atoms with Crippen LogP contribution >= 0.6 is 11.6 Å². The topological polar surface area (TPSA) is 29.1 Å². The van der Waals surface area contributed by atoms with Crippen molar-refractivity contribution >= 4 is 17.5 Å². The van der Waals surface area contributed by atoms with E-state index in [2.05, 4.69) is 5.32 Å². The molecule has 0 aliphatic heterocycles. The monoisotopic (exact) mass is 211 g/mol. The maximum atomic E-state index is 11.0. The lowest BCUT2D eigenvalue weighted by Crippen LogP contribution is -2.24. The van der Waals surface area contributed by atoms with E-state index in [0.717, 1.165) is 0 Å². The summed E-state index contributed by atoms with van der Waals surface area (Å²) in [6, 6.07) is 6.09. The molecule has 0 heterocycles. The van der Waals surface area contributed by atoms with Crippen molar-refractivity contribution in [2.24, 2.45) is 0 Å². The lowest BCUT2D eigenvalue weighted by Gasteiger charge is -2.09. The van der Waals surface area contributed by atoms with E-state index in [1.165, 1.54) is 16.7 Å². The molecule has 2 nitrogen and oxygen atoms in total. The molecule has 0 spiro atoms. The number of carbonyl (C=O) groups excluding carboxylic acids is 1. The fraction of sp³-hybridized carbons (Fsp3) is 0.364. The largest absolute Gasteiger partial charge is 0.351 e. The van der Waals surface area contributed by atoms with Gasteiger partial charge in [0, 0.05) is 6.54 Å². The van der Waals surface area contributed by atoms with Crippen molar-refractivity contribution in [2.45, 2.75) is 20.4 Å². The van der Waals surface area contributed by atoms with Gasteiger partial charge in [-0.3, -0.25) is 4.79 Å². The van der Waals surface area contributed by atoms with E-state index in [1.54, 1.807) is 0 Å². The van der Waals surface area contributed by atoms with Crippen LogP contribution in [-0.4, -0.2) is 11.8 Å². The number of rotatable bonds is 3. The molecule has 1 rings (SSSR count). The molecule has 1 amide bonds. The number of hydrogen-bond donors (Lipinski definition) is 1. The summed E-state index contributed by atoms with van der Waals surface area (Å²) < 4.78 is 0. The number of amides is 1. The van der Waals surface area contributed by atoms with Crippen molar-refractivity contribution in [2.75, 3.05) is 5.88 Å². The average Bonchev–Trinajstić information content (AvgIpc) is 2.16. The van der Waals surface area contributed by atoms with Gasteiger partial charge in [-0.25, -0.2) is 0 Å². The molecule has 14 heavy (non-hydrogen) atoms. The lowest BCUT2D eigenvalue weighted by atomic mass is 10.0. The van der Waals surface area contributed by atoms with E-state index in [9.17, 15) is 4.79 Å². The van der Waals surface area contributed by atoms with Gasteiger partial charge >= 0.3 is 0 Å². The standard InChI is InChI=1S/C11H14ClNO/c1-8-4-3-5-9(2)10(8)7-13-11(14)6-12/h3-5H,6-7H2,1-2H3,(H,13,14). The van der Waals surface area contributed by atoms with E-state index in [4.69, 9.17) is 11.6 Å². The summed E-state index contributed by atoms with van der Waals surface area (Å²) in [5.41, 5.74) is 3.56. The number of nitrogens with one attached hydrogen (secondary N) is 1. The molecule has 0 saturated carbocycles. The first-order valence-corrected chi connectivity index (χ1v) is 5.06. The Hall–Kier alpha value is -1.02. The number of halogens is 1. The van der Waals surface area contributed by atoms with Crippen LogP contribution in [0.1, 0.15) is 16.7 Å². The molecule has 0 aliphatic carbocycles. The molecule has 0 atom stereocenters. The van der Waals surface area contributed by atoms with Crippen molar-refractivity contribution in [1.82, 2.24) is 5.32 Å². The first-order chi connectivity index (χ1) is 6.65. The highest BCUT2D eigenvalue weighted by Gasteiger charge is 2.03. The van der Waals surface area contributed by atoms with Gasteiger partial charge in [-0.05, 0) is 30.5 Å². The van der Waals surface area contributed by atoms with Gasteiger partial charge in [-0.1, -0.05) is 18.2 Å². The highest BCUT2D eigenvalue weighted by molar-refractivity contribution is 6.27. The zero-order valence-corrected chi connectivity index (χ0v) is 9.19. The molecular weight excluding hydrogens is 198 g/mol. The Morgan fingerprint density at radius 1 is 1.36 bits per heavy atom. The van der Waals surface area contributed by atoms with Gasteiger partial charge in [0.2, 0.25) is 5.91 Å². The molecule has 1 aromatic rings. The SMILES string of the molecule is Cc1cccc(C)c1CNC(=O)CCl. The Morgan fingerprint density at radius 2 is 1.93 bits per heavy atom. The van der Waals surface area contributed by atoms with Crippen LogP contribution in [0.2, 0.25) is 0 Å². The van der Waals surface area contributed by atoms with E-state index >= 15 is 0 Å². The van der Waals surface area contributed by atoms with Gasteiger partial charge < -0.3 is 5.32 Å². The van der Waals surface area contributed by atoms with Crippen molar-refractivity contribution in [1.29, 1.82) is 0 Å². The van der Waals surface area contributed by atoms with Crippen LogP contribution in [-0.2, 0) is 11.3 Å². The highest BCUT2D eigenvalue weighted by atomic mass is 35.5. The van der Waals surface area contributed by atoms with Gasteiger partial charge in [0.05, 0.1) is 0 Å². The molecule has 0 saturated heterocycles. The van der Waals surface area contributed by atoms with Crippen molar-refractivity contribution in [3.8, 4) is 0 Å². The Balaban J connectivity index is 2.71. The summed E-state index contributed by atoms with van der Waals surface area (Å²) in [5, 5.41) is 2.76. The second-order valence-electron chi connectivity index (χ2n) is 3.28. The predicted molar refractivity (Wildman–Crippen MR) is 58.5 cm³/mol. The molecule has 76 valence electrons. The summed E-state index contributed by atoms with van der Waals surface area (Å²) in [6.45, 7) is 4.63. The number of carbonyl (C=O) groups is 1. The smallest absolute Gasteiger partial charge is 0.235 e. The van der Waals surface area contributed by atoms with Gasteiger partial charge in [-0.2, -0.15) is 0 Å². The van der Waals surface area contributed by atoms with Crippen LogP contribution in [0.15, 0.2) is 18.2 Å². The van der Waals surface area contributed by atoms with Crippen molar-refractivity contribution in [3.05, 3.63) is 34.9 Å². The van der Waals surface area contributed by atoms with Crippen LogP contribution in [0.4, 0.5) is 0 Å². The summed E-state index contributed by atoms with van der Waals surface area (Å²) >= 11 is 5.39. The van der Waals surface area contributed by atoms with Gasteiger partial charge in [-0.15, -0.1) is 11.6 Å². The van der Waals surface area contributed by atoms with E-state index in [1.807, 2.05) is 32.0 Å². The van der Waals surface area contributed by atoms with Crippen molar-refractivity contribution < 1.29 is 4.79 Å². The average molecular weight is 212 g/mol. The zero-order valence-electron chi connectivity index (χ0n) is 8.43. The van der Waals surface area contributed by atoms with Crippen LogP contribution in [0.3, 0.4) is 0 Å². The summed E-state index contributed by atoms with van der Waals surface area (Å²) in [4.78, 5) is 11.0. The highest BCUT2D eigenvalue weighted by Crippen LogP contribution is 2.12. The Bertz CT molecular complexity index is 316. The quantitative estimate of drug-likeness (QED) is 0.763. The van der Waals surface area contributed by atoms with E-state index in [0.29, 0.717) is 6.54 Å². The van der Waals surface area contributed by atoms with Gasteiger partial charge in [0.25, 0.3) is 0 Å². The third-order valence-electron chi connectivity index (χ3n) is 2.23. The Labute approximate surface area is 89.3 Å². The molecule has 0 unspecified atom stereocenters. The third kappa shape index (κ3) is 2.74. The summed E-state index contributed by atoms with van der Waals surface area (Å²) in [7, 11) is 0. The van der Waals surface area contributed by atoms with Crippen LogP contribution < -0.4 is 5.32 Å². The molecule has 0 aromatic heterocycles. The third-order valence-corrected chi connectivity index (χ3v) is 2.47. The van der Waals surface area contributed by atoms with E-state index in [-0.39, 0.29) is 11.8 Å². The van der Waals surface area contributed by atoms with E-state index < -0.39 is 0 Å². The molecule has 0 radical (unpaired) electrons.